The standard InChI is InChI=1S/C42H50F4N6O2Si/c1-23(2)55(24(3)4,25(5)6)14-9-29-35-26(16-32(44)36(29)45)15-28(47)17-30(35)38-37(46)39-31(20-48-38)40(52-12-8-13-53-34-18-33(34)52)50-41(49-39)54-22-42-10-7-11-51(42)21-27(43)19-42/h15-17,20,23-25,27,33-34H,7-8,10-13,18-19,21-22,47H2,1-6H3/t27-,33-,34+,42+/m1/s1/i22D2. The molecule has 2 aromatic heterocycles. The summed E-state index contributed by atoms with van der Waals surface area (Å²) in [5.41, 5.74) is 8.89. The van der Waals surface area contributed by atoms with Crippen molar-refractivity contribution in [1.82, 2.24) is 19.9 Å². The highest BCUT2D eigenvalue weighted by molar-refractivity contribution is 6.90. The van der Waals surface area contributed by atoms with Gasteiger partial charge in [-0.05, 0) is 72.4 Å². The molecule has 292 valence electrons. The third-order valence-corrected chi connectivity index (χ3v) is 18.8. The molecule has 3 saturated heterocycles. The predicted molar refractivity (Wildman–Crippen MR) is 211 cm³/mol. The van der Waals surface area contributed by atoms with Crippen molar-refractivity contribution >= 4 is 41.3 Å². The van der Waals surface area contributed by atoms with Crippen LogP contribution < -0.4 is 15.4 Å². The highest BCUT2D eigenvalue weighted by Gasteiger charge is 2.50. The molecule has 3 aliphatic heterocycles. The molecule has 1 saturated carbocycles. The predicted octanol–water partition coefficient (Wildman–Crippen LogP) is 8.74. The van der Waals surface area contributed by atoms with Crippen LogP contribution in [0.15, 0.2) is 24.4 Å². The Hall–Kier alpha value is -3.99. The fourth-order valence-corrected chi connectivity index (χ4v) is 15.1. The van der Waals surface area contributed by atoms with Gasteiger partial charge in [-0.15, -0.1) is 5.54 Å². The van der Waals surface area contributed by atoms with E-state index in [0.29, 0.717) is 44.8 Å². The minimum Gasteiger partial charge on any atom is -0.461 e. The number of hydrogen-bond donors (Lipinski definition) is 1. The molecule has 8 rings (SSSR count). The SMILES string of the molecule is [2H]C([2H])(Oc1nc(N2CCCO[C@H]3C[C@H]32)c2cnc(-c3cc(N)cc4cc(F)c(F)c(C#C[Si](C(C)C)(C(C)C)C(C)C)c34)c(F)c2n1)[C@@]12CCCN1C[C@H](F)C2. The fraction of sp³-hybridized carbons (Fsp3) is 0.548. The number of aromatic nitrogens is 3. The van der Waals surface area contributed by atoms with Crippen molar-refractivity contribution in [3.63, 3.8) is 0 Å². The van der Waals surface area contributed by atoms with Crippen molar-refractivity contribution in [2.45, 2.75) is 114 Å². The van der Waals surface area contributed by atoms with E-state index >= 15 is 13.2 Å². The second-order valence-electron chi connectivity index (χ2n) is 16.7. The molecule has 13 heteroatoms. The first kappa shape index (κ1) is 35.4. The molecule has 4 aromatic rings. The monoisotopic (exact) mass is 776 g/mol. The summed E-state index contributed by atoms with van der Waals surface area (Å²) in [6, 6.07) is 3.56. The normalized spacial score (nSPS) is 24.9. The van der Waals surface area contributed by atoms with Crippen molar-refractivity contribution in [3.8, 4) is 28.7 Å². The van der Waals surface area contributed by atoms with Gasteiger partial charge in [0.15, 0.2) is 17.5 Å². The van der Waals surface area contributed by atoms with Crippen LogP contribution in [-0.2, 0) is 4.74 Å². The topological polar surface area (TPSA) is 89.6 Å². The minimum atomic E-state index is -2.43. The number of hydrogen-bond acceptors (Lipinski definition) is 8. The van der Waals surface area contributed by atoms with Crippen LogP contribution in [0, 0.1) is 28.9 Å². The van der Waals surface area contributed by atoms with Gasteiger partial charge in [0.25, 0.3) is 0 Å². The van der Waals surface area contributed by atoms with E-state index in [0.717, 1.165) is 12.5 Å². The van der Waals surface area contributed by atoms with Gasteiger partial charge >= 0.3 is 6.01 Å². The van der Waals surface area contributed by atoms with Crippen LogP contribution in [0.1, 0.15) is 82.0 Å². The highest BCUT2D eigenvalue weighted by atomic mass is 28.3. The lowest BCUT2D eigenvalue weighted by Crippen LogP contribution is -2.43. The van der Waals surface area contributed by atoms with Gasteiger partial charge in [-0.1, -0.05) is 47.5 Å². The number of nitrogens with two attached hydrogens (primary N) is 1. The van der Waals surface area contributed by atoms with Crippen LogP contribution in [0.3, 0.4) is 0 Å². The zero-order valence-electron chi connectivity index (χ0n) is 34.3. The number of rotatable bonds is 8. The molecule has 5 heterocycles. The van der Waals surface area contributed by atoms with Crippen molar-refractivity contribution in [1.29, 1.82) is 0 Å². The first-order valence-electron chi connectivity index (χ1n) is 20.6. The van der Waals surface area contributed by atoms with Gasteiger partial charge in [0, 0.05) is 49.0 Å². The van der Waals surface area contributed by atoms with Gasteiger partial charge in [-0.25, -0.2) is 17.6 Å². The summed E-state index contributed by atoms with van der Waals surface area (Å²) in [7, 11) is -2.43. The number of pyridine rings is 1. The average molecular weight is 777 g/mol. The maximum absolute atomic E-state index is 17.5. The summed E-state index contributed by atoms with van der Waals surface area (Å²) in [5.74, 6) is 0.247. The molecule has 4 fully saturated rings. The van der Waals surface area contributed by atoms with E-state index in [9.17, 15) is 4.39 Å². The summed E-state index contributed by atoms with van der Waals surface area (Å²) in [4.78, 5) is 17.6. The maximum atomic E-state index is 17.5. The number of halogens is 4. The summed E-state index contributed by atoms with van der Waals surface area (Å²) >= 11 is 0. The number of anilines is 2. The van der Waals surface area contributed by atoms with Crippen molar-refractivity contribution in [2.75, 3.05) is 43.4 Å². The summed E-state index contributed by atoms with van der Waals surface area (Å²) in [5, 5.41) is 0.651. The lowest BCUT2D eigenvalue weighted by atomic mass is 9.95. The molecule has 2 aromatic carbocycles. The molecular formula is C42H50F4N6O2Si. The Kier molecular flexibility index (Phi) is 9.14. The molecule has 1 aliphatic carbocycles. The quantitative estimate of drug-likeness (QED) is 0.0823. The Morgan fingerprint density at radius 1 is 1.05 bits per heavy atom. The second-order valence-corrected chi connectivity index (χ2v) is 22.3. The van der Waals surface area contributed by atoms with Crippen molar-refractivity contribution in [2.24, 2.45) is 0 Å². The fourth-order valence-electron chi connectivity index (χ4n) is 9.86. The Bertz CT molecular complexity index is 2300. The van der Waals surface area contributed by atoms with Crippen LogP contribution in [0.5, 0.6) is 6.01 Å². The van der Waals surface area contributed by atoms with E-state index in [1.165, 1.54) is 18.3 Å². The zero-order valence-corrected chi connectivity index (χ0v) is 33.3. The molecule has 0 bridgehead atoms. The number of ether oxygens (including phenoxy) is 2. The van der Waals surface area contributed by atoms with E-state index in [1.54, 1.807) is 4.90 Å². The van der Waals surface area contributed by atoms with Crippen LogP contribution in [0.25, 0.3) is 32.9 Å². The van der Waals surface area contributed by atoms with Crippen LogP contribution >= 0.6 is 0 Å². The zero-order chi connectivity index (χ0) is 40.8. The number of nitrogen functional groups attached to an aromatic ring is 1. The largest absolute Gasteiger partial charge is 0.461 e. The lowest BCUT2D eigenvalue weighted by molar-refractivity contribution is 0.107. The smallest absolute Gasteiger partial charge is 0.319 e. The number of nitrogens with zero attached hydrogens (tertiary/aromatic N) is 5. The van der Waals surface area contributed by atoms with E-state index in [2.05, 4.69) is 63.0 Å². The molecule has 0 amide bonds. The molecule has 4 atom stereocenters. The Labute approximate surface area is 324 Å². The van der Waals surface area contributed by atoms with Crippen LogP contribution in [0.2, 0.25) is 16.6 Å². The van der Waals surface area contributed by atoms with Gasteiger partial charge < -0.3 is 20.1 Å². The van der Waals surface area contributed by atoms with Gasteiger partial charge in [0.2, 0.25) is 0 Å². The van der Waals surface area contributed by atoms with Crippen molar-refractivity contribution in [3.05, 3.63) is 47.4 Å². The summed E-state index contributed by atoms with van der Waals surface area (Å²) < 4.78 is 94.2. The van der Waals surface area contributed by atoms with E-state index in [-0.39, 0.29) is 85.9 Å². The molecular weight excluding hydrogens is 725 g/mol. The minimum absolute atomic E-state index is 0.0336. The molecule has 8 nitrogen and oxygen atoms in total. The average Bonchev–Trinajstić information content (AvgIpc) is 3.71. The third kappa shape index (κ3) is 6.42. The Morgan fingerprint density at radius 3 is 2.56 bits per heavy atom. The first-order valence-corrected chi connectivity index (χ1v) is 21.8. The van der Waals surface area contributed by atoms with E-state index in [1.807, 2.05) is 4.90 Å². The van der Waals surface area contributed by atoms with Crippen LogP contribution in [0.4, 0.5) is 29.1 Å². The molecule has 4 aliphatic rings. The summed E-state index contributed by atoms with van der Waals surface area (Å²) in [6.07, 6.45) is 2.63. The van der Waals surface area contributed by atoms with Gasteiger partial charge in [0.05, 0.1) is 31.4 Å². The Morgan fingerprint density at radius 2 is 1.82 bits per heavy atom. The van der Waals surface area contributed by atoms with Gasteiger partial charge in [-0.2, -0.15) is 9.97 Å². The van der Waals surface area contributed by atoms with Gasteiger partial charge in [-0.3, -0.25) is 9.88 Å². The number of alkyl halides is 1. The number of fused-ring (bicyclic) bond motifs is 4. The van der Waals surface area contributed by atoms with E-state index in [4.69, 9.17) is 22.9 Å². The highest BCUT2D eigenvalue weighted by Crippen LogP contribution is 2.45. The number of benzene rings is 2. The molecule has 0 unspecified atom stereocenters. The molecule has 2 N–H and O–H groups in total. The van der Waals surface area contributed by atoms with Crippen molar-refractivity contribution < 1.29 is 29.8 Å². The first-order chi connectivity index (χ1) is 27.0. The maximum Gasteiger partial charge on any atom is 0.319 e. The van der Waals surface area contributed by atoms with Gasteiger partial charge in [0.1, 0.15) is 37.8 Å². The third-order valence-electron chi connectivity index (χ3n) is 12.5. The molecule has 55 heavy (non-hydrogen) atoms. The lowest BCUT2D eigenvalue weighted by Gasteiger charge is -2.38. The second kappa shape index (κ2) is 14.2. The molecule has 0 radical (unpaired) electrons. The Balaban J connectivity index is 1.34. The summed E-state index contributed by atoms with van der Waals surface area (Å²) in [6.45, 7) is 12.0. The van der Waals surface area contributed by atoms with E-state index < -0.39 is 49.8 Å². The molecule has 0 spiro atoms. The van der Waals surface area contributed by atoms with Crippen LogP contribution in [-0.4, -0.2) is 84.6 Å².